The van der Waals surface area contributed by atoms with Crippen molar-refractivity contribution in [3.05, 3.63) is 193 Å². The lowest BCUT2D eigenvalue weighted by atomic mass is 9.93. The van der Waals surface area contributed by atoms with Gasteiger partial charge in [-0.2, -0.15) is 0 Å². The maximum atomic E-state index is 6.53. The number of thiophene rings is 1. The van der Waals surface area contributed by atoms with Crippen LogP contribution in [0.25, 0.3) is 98.5 Å². The highest BCUT2D eigenvalue weighted by Gasteiger charge is 2.24. The number of benzene rings is 7. The smallest absolute Gasteiger partial charge is 0.165 e. The highest BCUT2D eigenvalue weighted by atomic mass is 32.2. The van der Waals surface area contributed by atoms with Crippen molar-refractivity contribution in [2.24, 2.45) is 0 Å². The highest BCUT2D eigenvalue weighted by molar-refractivity contribution is 8.03. The summed E-state index contributed by atoms with van der Waals surface area (Å²) >= 11 is 3.49. The van der Waals surface area contributed by atoms with Gasteiger partial charge < -0.3 is 4.42 Å². The lowest BCUT2D eigenvalue weighted by Gasteiger charge is -2.16. The van der Waals surface area contributed by atoms with Crippen LogP contribution in [0.1, 0.15) is 5.56 Å². The van der Waals surface area contributed by atoms with Gasteiger partial charge in [0.15, 0.2) is 17.5 Å². The van der Waals surface area contributed by atoms with E-state index in [0.29, 0.717) is 17.5 Å². The Labute approximate surface area is 343 Å². The predicted octanol–water partition coefficient (Wildman–Crippen LogP) is 14.7. The zero-order chi connectivity index (χ0) is 38.6. The van der Waals surface area contributed by atoms with Gasteiger partial charge >= 0.3 is 0 Å². The average molecular weight is 780 g/mol. The number of thioether (sulfide) groups is 1. The molecule has 0 fully saturated rings. The number of para-hydroxylation sites is 1. The van der Waals surface area contributed by atoms with Crippen molar-refractivity contribution < 1.29 is 4.42 Å². The summed E-state index contributed by atoms with van der Waals surface area (Å²) in [5.74, 6) is 1.81. The van der Waals surface area contributed by atoms with E-state index in [1.165, 1.54) is 25.2 Å². The Balaban J connectivity index is 1.19. The van der Waals surface area contributed by atoms with Crippen molar-refractivity contribution >= 4 is 65.2 Å². The van der Waals surface area contributed by atoms with E-state index in [2.05, 4.69) is 164 Å². The minimum Gasteiger partial charge on any atom is -0.456 e. The van der Waals surface area contributed by atoms with E-state index in [9.17, 15) is 0 Å². The van der Waals surface area contributed by atoms with Crippen molar-refractivity contribution in [3.8, 4) is 56.4 Å². The molecule has 0 aliphatic carbocycles. The molecule has 10 aromatic rings. The topological polar surface area (TPSA) is 51.8 Å². The highest BCUT2D eigenvalue weighted by Crippen LogP contribution is 2.45. The summed E-state index contributed by atoms with van der Waals surface area (Å²) in [6.07, 6.45) is 9.25. The van der Waals surface area contributed by atoms with E-state index in [1.807, 2.05) is 18.2 Å². The van der Waals surface area contributed by atoms with Crippen molar-refractivity contribution in [2.75, 3.05) is 0 Å². The van der Waals surface area contributed by atoms with Crippen LogP contribution in [0.3, 0.4) is 0 Å². The number of allylic oxidation sites excluding steroid dienone is 4. The molecule has 4 nitrogen and oxygen atoms in total. The largest absolute Gasteiger partial charge is 0.456 e. The Bertz CT molecular complexity index is 3300. The van der Waals surface area contributed by atoms with Crippen molar-refractivity contribution in [2.45, 2.75) is 11.3 Å². The van der Waals surface area contributed by atoms with E-state index in [-0.39, 0.29) is 0 Å². The molecule has 274 valence electrons. The summed E-state index contributed by atoms with van der Waals surface area (Å²) in [7, 11) is 0. The Hall–Kier alpha value is -6.86. The molecule has 0 atom stereocenters. The van der Waals surface area contributed by atoms with E-state index >= 15 is 0 Å². The summed E-state index contributed by atoms with van der Waals surface area (Å²) in [4.78, 5) is 18.3. The van der Waals surface area contributed by atoms with Gasteiger partial charge in [-0.3, -0.25) is 0 Å². The van der Waals surface area contributed by atoms with Gasteiger partial charge in [-0.1, -0.05) is 152 Å². The second-order valence-electron chi connectivity index (χ2n) is 14.4. The normalized spacial score (nSPS) is 14.0. The summed E-state index contributed by atoms with van der Waals surface area (Å²) < 4.78 is 8.96. The molecule has 0 N–H and O–H groups in total. The van der Waals surface area contributed by atoms with Crippen LogP contribution in [-0.2, 0) is 6.42 Å². The zero-order valence-corrected chi connectivity index (χ0v) is 32.9. The fourth-order valence-electron chi connectivity index (χ4n) is 8.03. The summed E-state index contributed by atoms with van der Waals surface area (Å²) in [5.41, 5.74) is 10.0. The number of fused-ring (bicyclic) bond motifs is 7. The molecule has 0 saturated heterocycles. The first kappa shape index (κ1) is 34.4. The zero-order valence-electron chi connectivity index (χ0n) is 31.2. The lowest BCUT2D eigenvalue weighted by Crippen LogP contribution is -2.02. The molecule has 6 heteroatoms. The number of rotatable bonds is 5. The van der Waals surface area contributed by atoms with E-state index in [0.717, 1.165) is 77.6 Å². The Morgan fingerprint density at radius 3 is 2.14 bits per heavy atom. The van der Waals surface area contributed by atoms with Gasteiger partial charge in [-0.05, 0) is 76.7 Å². The molecular weight excluding hydrogens is 747 g/mol. The summed E-state index contributed by atoms with van der Waals surface area (Å²) in [5, 5.41) is 4.33. The first-order valence-corrected chi connectivity index (χ1v) is 20.9. The molecule has 11 rings (SSSR count). The average Bonchev–Trinajstić information content (AvgIpc) is 3.87. The fraction of sp³-hybridized carbons (Fsp3) is 0.0192. The third kappa shape index (κ3) is 6.06. The molecule has 58 heavy (non-hydrogen) atoms. The molecule has 3 aromatic heterocycles. The quantitative estimate of drug-likeness (QED) is 0.174. The van der Waals surface area contributed by atoms with Gasteiger partial charge in [-0.15, -0.1) is 11.3 Å². The second-order valence-corrected chi connectivity index (χ2v) is 16.6. The Morgan fingerprint density at radius 2 is 1.24 bits per heavy atom. The number of hydrogen-bond donors (Lipinski definition) is 0. The Kier molecular flexibility index (Phi) is 8.46. The predicted molar refractivity (Wildman–Crippen MR) is 244 cm³/mol. The molecule has 1 aliphatic heterocycles. The molecule has 0 saturated carbocycles. The maximum absolute atomic E-state index is 6.53. The van der Waals surface area contributed by atoms with Crippen LogP contribution in [0.2, 0.25) is 0 Å². The maximum Gasteiger partial charge on any atom is 0.165 e. The van der Waals surface area contributed by atoms with Gasteiger partial charge in [0.05, 0.1) is 0 Å². The van der Waals surface area contributed by atoms with Crippen molar-refractivity contribution in [1.82, 2.24) is 15.0 Å². The molecule has 0 radical (unpaired) electrons. The third-order valence-electron chi connectivity index (χ3n) is 10.8. The van der Waals surface area contributed by atoms with Gasteiger partial charge in [0.2, 0.25) is 0 Å². The van der Waals surface area contributed by atoms with Crippen LogP contribution in [-0.4, -0.2) is 15.0 Å². The van der Waals surface area contributed by atoms with Crippen LogP contribution in [0.15, 0.2) is 197 Å². The number of aromatic nitrogens is 3. The number of hydrogen-bond acceptors (Lipinski definition) is 6. The SMILES string of the molecule is C=C1/C=C\C=C/Cc2ccc(-c3ccc4oc5ccccc5c4c3-c3nc(-c4ccc(-c5ccccc5)cc4)nc(-c4cccc5sc6ccccc6c45)n3)cc2S1. The second kappa shape index (κ2) is 14.3. The van der Waals surface area contributed by atoms with E-state index < -0.39 is 0 Å². The summed E-state index contributed by atoms with van der Waals surface area (Å²) in [6.45, 7) is 4.33. The van der Waals surface area contributed by atoms with Gasteiger partial charge in [0.1, 0.15) is 11.2 Å². The molecule has 4 heterocycles. The van der Waals surface area contributed by atoms with Gasteiger partial charge in [-0.25, -0.2) is 15.0 Å². The van der Waals surface area contributed by atoms with Crippen LogP contribution in [0, 0.1) is 0 Å². The first-order valence-electron chi connectivity index (χ1n) is 19.2. The van der Waals surface area contributed by atoms with Crippen molar-refractivity contribution in [3.63, 3.8) is 0 Å². The molecule has 7 aromatic carbocycles. The molecular formula is C52H33N3OS2. The number of nitrogens with zero attached hydrogens (tertiary/aromatic N) is 3. The standard InChI is InChI=1S/C52H33N3OS2/c1-32-13-4-2-7-16-35-25-28-37(31-46(35)57-32)38-29-30-43-48(39-17-8-10-20-42(39)56-43)49(38)52-54-50(36-26-23-34(24-27-36)33-14-5-3-6-15-33)53-51(55-52)41-19-12-22-45-47(41)40-18-9-11-21-44(40)58-45/h2-15,17-31H,1,16H2/b7-2-,13-4-. The van der Waals surface area contributed by atoms with E-state index in [1.54, 1.807) is 23.1 Å². The Morgan fingerprint density at radius 1 is 0.517 bits per heavy atom. The molecule has 0 amide bonds. The molecule has 1 aliphatic rings. The van der Waals surface area contributed by atoms with Crippen molar-refractivity contribution in [1.29, 1.82) is 0 Å². The van der Waals surface area contributed by atoms with Gasteiger partial charge in [0, 0.05) is 57.4 Å². The lowest BCUT2D eigenvalue weighted by molar-refractivity contribution is 0.669. The van der Waals surface area contributed by atoms with Crippen LogP contribution in [0.4, 0.5) is 0 Å². The minimum absolute atomic E-state index is 0.585. The van der Waals surface area contributed by atoms with Crippen LogP contribution < -0.4 is 0 Å². The molecule has 0 unspecified atom stereocenters. The van der Waals surface area contributed by atoms with Gasteiger partial charge in [0.25, 0.3) is 0 Å². The number of furan rings is 1. The van der Waals surface area contributed by atoms with Crippen LogP contribution >= 0.6 is 23.1 Å². The van der Waals surface area contributed by atoms with E-state index in [4.69, 9.17) is 19.4 Å². The minimum atomic E-state index is 0.585. The van der Waals surface area contributed by atoms with Crippen LogP contribution in [0.5, 0.6) is 0 Å². The first-order chi connectivity index (χ1) is 28.6. The summed E-state index contributed by atoms with van der Waals surface area (Å²) in [6, 6.07) is 53.2. The fourth-order valence-corrected chi connectivity index (χ4v) is 10.1. The third-order valence-corrected chi connectivity index (χ3v) is 12.9. The molecule has 0 spiro atoms. The monoisotopic (exact) mass is 779 g/mol. The molecule has 0 bridgehead atoms.